The largest absolute Gasteiger partial charge is 0.468 e. The first-order chi connectivity index (χ1) is 8.62. The Kier molecular flexibility index (Phi) is 3.88. The minimum absolute atomic E-state index is 0.0801. The van der Waals surface area contributed by atoms with E-state index in [0.29, 0.717) is 12.8 Å². The maximum atomic E-state index is 12.8. The van der Waals surface area contributed by atoms with Crippen molar-refractivity contribution in [2.24, 2.45) is 11.3 Å². The van der Waals surface area contributed by atoms with Crippen molar-refractivity contribution < 1.29 is 14.3 Å². The molecule has 2 rings (SSSR count). The van der Waals surface area contributed by atoms with E-state index < -0.39 is 5.41 Å². The number of Topliss-reactive ketones (excluding diaryl/α,β-unsaturated/α-hetero) is 1. The van der Waals surface area contributed by atoms with Crippen LogP contribution in [0.4, 0.5) is 0 Å². The molecule has 0 spiro atoms. The Labute approximate surface area is 109 Å². The molecule has 2 bridgehead atoms. The highest BCUT2D eigenvalue weighted by molar-refractivity contribution is 6.06. The highest BCUT2D eigenvalue weighted by atomic mass is 16.5. The second-order valence-electron chi connectivity index (χ2n) is 5.60. The molecule has 3 heteroatoms. The van der Waals surface area contributed by atoms with Gasteiger partial charge in [-0.1, -0.05) is 31.4 Å². The first-order valence-electron chi connectivity index (χ1n) is 6.92. The van der Waals surface area contributed by atoms with Gasteiger partial charge in [-0.15, -0.1) is 0 Å². The van der Waals surface area contributed by atoms with Gasteiger partial charge < -0.3 is 4.74 Å². The van der Waals surface area contributed by atoms with Gasteiger partial charge in [0.05, 0.1) is 7.11 Å². The number of hydrogen-bond acceptors (Lipinski definition) is 3. The van der Waals surface area contributed by atoms with E-state index in [2.05, 4.69) is 6.58 Å². The molecule has 0 heterocycles. The highest BCUT2D eigenvalue weighted by Crippen LogP contribution is 2.44. The third-order valence-electron chi connectivity index (χ3n) is 4.55. The normalized spacial score (nSPS) is 33.3. The zero-order valence-corrected chi connectivity index (χ0v) is 11.2. The molecular formula is C15H22O3. The highest BCUT2D eigenvalue weighted by Gasteiger charge is 2.50. The van der Waals surface area contributed by atoms with Crippen molar-refractivity contribution in [3.63, 3.8) is 0 Å². The third kappa shape index (κ3) is 2.11. The first-order valence-corrected chi connectivity index (χ1v) is 6.92. The fourth-order valence-electron chi connectivity index (χ4n) is 3.47. The molecule has 0 N–H and O–H groups in total. The summed E-state index contributed by atoms with van der Waals surface area (Å²) < 4.78 is 4.93. The summed E-state index contributed by atoms with van der Waals surface area (Å²) in [5.74, 6) is -0.363. The quantitative estimate of drug-likeness (QED) is 0.408. The second-order valence-corrected chi connectivity index (χ2v) is 5.60. The Hall–Kier alpha value is -1.12. The Morgan fingerprint density at radius 1 is 1.28 bits per heavy atom. The van der Waals surface area contributed by atoms with Crippen molar-refractivity contribution in [1.29, 1.82) is 0 Å². The Morgan fingerprint density at radius 3 is 2.72 bits per heavy atom. The smallest absolute Gasteiger partial charge is 0.319 e. The van der Waals surface area contributed by atoms with Gasteiger partial charge in [-0.3, -0.25) is 9.59 Å². The first kappa shape index (κ1) is 13.3. The molecule has 2 saturated carbocycles. The summed E-state index contributed by atoms with van der Waals surface area (Å²) in [6.45, 7) is 4.06. The average Bonchev–Trinajstić information content (AvgIpc) is 2.49. The van der Waals surface area contributed by atoms with Gasteiger partial charge in [-0.25, -0.2) is 0 Å². The lowest BCUT2D eigenvalue weighted by Crippen LogP contribution is -2.43. The lowest BCUT2D eigenvalue weighted by molar-refractivity contribution is -0.160. The Morgan fingerprint density at radius 2 is 2.00 bits per heavy atom. The van der Waals surface area contributed by atoms with E-state index in [0.717, 1.165) is 44.1 Å². The van der Waals surface area contributed by atoms with E-state index in [1.807, 2.05) is 0 Å². The summed E-state index contributed by atoms with van der Waals surface area (Å²) >= 11 is 0. The van der Waals surface area contributed by atoms with Crippen LogP contribution in [0, 0.1) is 11.3 Å². The van der Waals surface area contributed by atoms with Crippen molar-refractivity contribution in [1.82, 2.24) is 0 Å². The van der Waals surface area contributed by atoms with Gasteiger partial charge in [0.1, 0.15) is 5.41 Å². The fraction of sp³-hybridized carbons (Fsp3) is 0.733. The number of allylic oxidation sites excluding steroid dienone is 1. The molecule has 2 aliphatic carbocycles. The molecular weight excluding hydrogens is 228 g/mol. The molecule has 0 aliphatic heterocycles. The fourth-order valence-corrected chi connectivity index (χ4v) is 3.47. The van der Waals surface area contributed by atoms with Crippen LogP contribution in [0.15, 0.2) is 12.2 Å². The minimum atomic E-state index is -0.876. The van der Waals surface area contributed by atoms with Gasteiger partial charge >= 0.3 is 5.97 Å². The van der Waals surface area contributed by atoms with Crippen LogP contribution in [0.1, 0.15) is 51.4 Å². The standard InChI is InChI=1S/C15H22O3/c1-11-7-6-10-15(14(17)18-2)9-5-3-4-8-12(11)13(15)16/h12H,1,3-10H2,2H3/t12-,15-/m0/s1. The van der Waals surface area contributed by atoms with Crippen LogP contribution in [-0.2, 0) is 14.3 Å². The van der Waals surface area contributed by atoms with Crippen molar-refractivity contribution >= 4 is 11.8 Å². The summed E-state index contributed by atoms with van der Waals surface area (Å²) in [5, 5.41) is 0. The Bertz CT molecular complexity index is 372. The average molecular weight is 250 g/mol. The number of ketones is 1. The molecule has 2 aliphatic rings. The summed E-state index contributed by atoms with van der Waals surface area (Å²) in [6, 6.07) is 0. The molecule has 0 saturated heterocycles. The van der Waals surface area contributed by atoms with Crippen LogP contribution in [0.3, 0.4) is 0 Å². The van der Waals surface area contributed by atoms with Crippen molar-refractivity contribution in [3.8, 4) is 0 Å². The van der Waals surface area contributed by atoms with E-state index in [4.69, 9.17) is 4.74 Å². The molecule has 2 fully saturated rings. The van der Waals surface area contributed by atoms with Crippen LogP contribution in [-0.4, -0.2) is 18.9 Å². The lowest BCUT2D eigenvalue weighted by atomic mass is 9.69. The van der Waals surface area contributed by atoms with Crippen molar-refractivity contribution in [2.75, 3.05) is 7.11 Å². The monoisotopic (exact) mass is 250 g/mol. The number of carbonyl (C=O) groups excluding carboxylic acids is 2. The van der Waals surface area contributed by atoms with Crippen molar-refractivity contribution in [2.45, 2.75) is 51.4 Å². The van der Waals surface area contributed by atoms with E-state index in [1.54, 1.807) is 0 Å². The number of hydrogen-bond donors (Lipinski definition) is 0. The minimum Gasteiger partial charge on any atom is -0.468 e. The topological polar surface area (TPSA) is 43.4 Å². The lowest BCUT2D eigenvalue weighted by Gasteiger charge is -2.32. The molecule has 0 aromatic carbocycles. The van der Waals surface area contributed by atoms with Gasteiger partial charge in [-0.05, 0) is 32.1 Å². The number of esters is 1. The zero-order valence-electron chi connectivity index (χ0n) is 11.2. The molecule has 0 radical (unpaired) electrons. The number of methoxy groups -OCH3 is 1. The number of ether oxygens (including phenoxy) is 1. The predicted octanol–water partition coefficient (Wildman–Crippen LogP) is 3.04. The van der Waals surface area contributed by atoms with Gasteiger partial charge in [0.25, 0.3) is 0 Å². The van der Waals surface area contributed by atoms with Crippen LogP contribution >= 0.6 is 0 Å². The SMILES string of the molecule is C=C1CCC[C@@]2(C(=O)OC)CCCCC[C@@H]1C2=O. The van der Waals surface area contributed by atoms with Crippen LogP contribution in [0.5, 0.6) is 0 Å². The molecule has 0 amide bonds. The molecule has 100 valence electrons. The van der Waals surface area contributed by atoms with E-state index in [9.17, 15) is 9.59 Å². The summed E-state index contributed by atoms with van der Waals surface area (Å²) in [4.78, 5) is 24.9. The summed E-state index contributed by atoms with van der Waals surface area (Å²) in [6.07, 6.45) is 6.99. The number of rotatable bonds is 1. The van der Waals surface area contributed by atoms with Gasteiger partial charge in [-0.2, -0.15) is 0 Å². The van der Waals surface area contributed by atoms with E-state index >= 15 is 0 Å². The molecule has 3 nitrogen and oxygen atoms in total. The number of fused-ring (bicyclic) bond motifs is 2. The van der Waals surface area contributed by atoms with Gasteiger partial charge in [0.15, 0.2) is 5.78 Å². The second kappa shape index (κ2) is 5.25. The molecule has 0 aromatic rings. The number of carbonyl (C=O) groups is 2. The maximum absolute atomic E-state index is 12.8. The van der Waals surface area contributed by atoms with Crippen molar-refractivity contribution in [3.05, 3.63) is 12.2 Å². The Balaban J connectivity index is 2.40. The molecule has 18 heavy (non-hydrogen) atoms. The third-order valence-corrected chi connectivity index (χ3v) is 4.55. The maximum Gasteiger partial charge on any atom is 0.319 e. The zero-order chi connectivity index (χ0) is 13.2. The molecule has 0 unspecified atom stereocenters. The molecule has 2 atom stereocenters. The summed E-state index contributed by atoms with van der Waals surface area (Å²) in [5.41, 5.74) is 0.145. The van der Waals surface area contributed by atoms with Crippen LogP contribution in [0.2, 0.25) is 0 Å². The predicted molar refractivity (Wildman–Crippen MR) is 69.0 cm³/mol. The summed E-state index contributed by atoms with van der Waals surface area (Å²) in [7, 11) is 1.39. The van der Waals surface area contributed by atoms with Crippen LogP contribution in [0.25, 0.3) is 0 Å². The van der Waals surface area contributed by atoms with E-state index in [-0.39, 0.29) is 17.7 Å². The van der Waals surface area contributed by atoms with Gasteiger partial charge in [0, 0.05) is 5.92 Å². The molecule has 0 aromatic heterocycles. The van der Waals surface area contributed by atoms with Crippen LogP contribution < -0.4 is 0 Å². The van der Waals surface area contributed by atoms with Gasteiger partial charge in [0.2, 0.25) is 0 Å². The van der Waals surface area contributed by atoms with E-state index in [1.165, 1.54) is 7.11 Å².